The van der Waals surface area contributed by atoms with Gasteiger partial charge >= 0.3 is 5.97 Å². The second-order valence-electron chi connectivity index (χ2n) is 6.02. The van der Waals surface area contributed by atoms with Gasteiger partial charge in [-0.25, -0.2) is 9.78 Å². The van der Waals surface area contributed by atoms with Gasteiger partial charge < -0.3 is 37.9 Å². The fourth-order valence-corrected chi connectivity index (χ4v) is 2.21. The second kappa shape index (κ2) is 10.6. The monoisotopic (exact) mass is 397 g/mol. The molecule has 0 aromatic carbocycles. The van der Waals surface area contributed by atoms with Crippen molar-refractivity contribution in [2.45, 2.75) is 43.8 Å². The molecule has 1 aromatic rings. The van der Waals surface area contributed by atoms with Crippen LogP contribution in [-0.2, 0) is 30.4 Å². The van der Waals surface area contributed by atoms with Crippen LogP contribution in [0.2, 0.25) is 0 Å². The van der Waals surface area contributed by atoms with Crippen molar-refractivity contribution in [2.75, 3.05) is 0 Å². The number of hydrogen-bond donors (Lipinski definition) is 7. The molecule has 0 bridgehead atoms. The Morgan fingerprint density at radius 1 is 1.07 bits per heavy atom. The molecule has 4 amide bonds. The molecule has 0 aliphatic carbocycles. The molecule has 3 atom stereocenters. The highest BCUT2D eigenvalue weighted by molar-refractivity contribution is 5.94. The molecule has 10 N–H and O–H groups in total. The summed E-state index contributed by atoms with van der Waals surface area (Å²) in [5, 5.41) is 13.7. The maximum Gasteiger partial charge on any atom is 0.326 e. The molecule has 1 rings (SSSR count). The van der Waals surface area contributed by atoms with E-state index < -0.39 is 54.1 Å². The van der Waals surface area contributed by atoms with E-state index in [1.807, 2.05) is 0 Å². The van der Waals surface area contributed by atoms with Crippen molar-refractivity contribution in [3.63, 3.8) is 0 Å². The van der Waals surface area contributed by atoms with Crippen molar-refractivity contribution >= 4 is 29.6 Å². The van der Waals surface area contributed by atoms with E-state index in [0.717, 1.165) is 0 Å². The highest BCUT2D eigenvalue weighted by Crippen LogP contribution is 2.02. The molecule has 0 saturated heterocycles. The number of aliphatic carboxylic acids is 1. The summed E-state index contributed by atoms with van der Waals surface area (Å²) in [7, 11) is 0. The predicted octanol–water partition coefficient (Wildman–Crippen LogP) is -3.53. The molecule has 0 fully saturated rings. The average Bonchev–Trinajstić information content (AvgIpc) is 3.10. The van der Waals surface area contributed by atoms with Crippen molar-refractivity contribution in [1.82, 2.24) is 20.6 Å². The molecule has 0 aliphatic rings. The summed E-state index contributed by atoms with van der Waals surface area (Å²) in [4.78, 5) is 64.3. The molecule has 1 heterocycles. The summed E-state index contributed by atoms with van der Waals surface area (Å²) in [5.41, 5.74) is 16.1. The first-order chi connectivity index (χ1) is 13.1. The Bertz CT molecular complexity index is 720. The van der Waals surface area contributed by atoms with Gasteiger partial charge in [0.25, 0.3) is 0 Å². The van der Waals surface area contributed by atoms with Gasteiger partial charge in [0.1, 0.15) is 12.1 Å². The van der Waals surface area contributed by atoms with E-state index in [0.29, 0.717) is 5.69 Å². The molecule has 0 spiro atoms. The number of H-pyrrole nitrogens is 1. The number of rotatable bonds is 12. The van der Waals surface area contributed by atoms with Crippen LogP contribution in [0.15, 0.2) is 12.5 Å². The number of imidazole rings is 1. The summed E-state index contributed by atoms with van der Waals surface area (Å²) in [6.45, 7) is 0. The Morgan fingerprint density at radius 2 is 1.71 bits per heavy atom. The van der Waals surface area contributed by atoms with Crippen LogP contribution in [0.4, 0.5) is 0 Å². The first kappa shape index (κ1) is 22.6. The van der Waals surface area contributed by atoms with Gasteiger partial charge in [0, 0.05) is 24.7 Å². The number of carboxylic acid groups (broad SMARTS) is 1. The quantitative estimate of drug-likeness (QED) is 0.186. The number of nitrogens with one attached hydrogen (secondary N) is 3. The average molecular weight is 397 g/mol. The zero-order valence-corrected chi connectivity index (χ0v) is 14.9. The van der Waals surface area contributed by atoms with E-state index >= 15 is 0 Å². The Morgan fingerprint density at radius 3 is 2.21 bits per heavy atom. The Kier molecular flexibility index (Phi) is 8.55. The van der Waals surface area contributed by atoms with E-state index in [2.05, 4.69) is 20.6 Å². The number of primary amides is 2. The molecule has 3 unspecified atom stereocenters. The van der Waals surface area contributed by atoms with Crippen LogP contribution in [0.1, 0.15) is 25.0 Å². The second-order valence-corrected chi connectivity index (χ2v) is 6.02. The smallest absolute Gasteiger partial charge is 0.326 e. The van der Waals surface area contributed by atoms with Gasteiger partial charge in [0.05, 0.1) is 18.8 Å². The molecule has 154 valence electrons. The lowest BCUT2D eigenvalue weighted by Crippen LogP contribution is -2.55. The minimum Gasteiger partial charge on any atom is -0.480 e. The minimum absolute atomic E-state index is 0.0658. The van der Waals surface area contributed by atoms with Gasteiger partial charge in [0.2, 0.25) is 23.6 Å². The lowest BCUT2D eigenvalue weighted by Gasteiger charge is -2.22. The van der Waals surface area contributed by atoms with Crippen LogP contribution in [0.25, 0.3) is 0 Å². The number of carbonyl (C=O) groups excluding carboxylic acids is 4. The lowest BCUT2D eigenvalue weighted by atomic mass is 10.1. The molecular formula is C15H23N7O6. The van der Waals surface area contributed by atoms with Gasteiger partial charge in [-0.1, -0.05) is 0 Å². The van der Waals surface area contributed by atoms with Gasteiger partial charge in [0.15, 0.2) is 0 Å². The number of aromatic amines is 1. The van der Waals surface area contributed by atoms with Crippen molar-refractivity contribution < 1.29 is 29.1 Å². The number of carboxylic acids is 1. The zero-order chi connectivity index (χ0) is 21.3. The number of nitrogens with zero attached hydrogens (tertiary/aromatic N) is 1. The maximum atomic E-state index is 12.4. The third kappa shape index (κ3) is 7.82. The standard InChI is InChI=1S/C15H23N7O6/c16-8(1-2-11(17)23)13(25)21-9(4-12(18)24)14(26)22-10(15(27)28)3-7-5-19-6-20-7/h5-6,8-10H,1-4,16H2,(H2,17,23)(H2,18,24)(H,19,20)(H,21,25)(H,22,26)(H,27,28). The van der Waals surface area contributed by atoms with E-state index in [1.54, 1.807) is 0 Å². The largest absolute Gasteiger partial charge is 0.480 e. The Labute approximate surface area is 159 Å². The summed E-state index contributed by atoms with van der Waals surface area (Å²) in [6, 6.07) is -3.94. The number of hydrogen-bond acceptors (Lipinski definition) is 7. The summed E-state index contributed by atoms with van der Waals surface area (Å²) in [6.07, 6.45) is 1.85. The van der Waals surface area contributed by atoms with Crippen molar-refractivity contribution in [2.24, 2.45) is 17.2 Å². The van der Waals surface area contributed by atoms with Gasteiger partial charge in [-0.2, -0.15) is 0 Å². The first-order valence-electron chi connectivity index (χ1n) is 8.23. The highest BCUT2D eigenvalue weighted by Gasteiger charge is 2.29. The molecule has 28 heavy (non-hydrogen) atoms. The lowest BCUT2D eigenvalue weighted by molar-refractivity contribution is -0.142. The number of carbonyl (C=O) groups is 5. The Balaban J connectivity index is 2.79. The van der Waals surface area contributed by atoms with E-state index in [1.165, 1.54) is 12.5 Å². The maximum absolute atomic E-state index is 12.4. The van der Waals surface area contributed by atoms with Crippen LogP contribution >= 0.6 is 0 Å². The number of amides is 4. The van der Waals surface area contributed by atoms with Crippen LogP contribution in [0.3, 0.4) is 0 Å². The van der Waals surface area contributed by atoms with Gasteiger partial charge in [-0.3, -0.25) is 19.2 Å². The SMILES string of the molecule is NC(=O)CCC(N)C(=O)NC(CC(N)=O)C(=O)NC(Cc1cnc[nH]1)C(=O)O. The van der Waals surface area contributed by atoms with Crippen LogP contribution < -0.4 is 27.8 Å². The van der Waals surface area contributed by atoms with Crippen LogP contribution in [0.5, 0.6) is 0 Å². The van der Waals surface area contributed by atoms with Gasteiger partial charge in [-0.05, 0) is 6.42 Å². The molecular weight excluding hydrogens is 374 g/mol. The summed E-state index contributed by atoms with van der Waals surface area (Å²) >= 11 is 0. The van der Waals surface area contributed by atoms with Gasteiger partial charge in [-0.15, -0.1) is 0 Å². The molecule has 0 aliphatic heterocycles. The highest BCUT2D eigenvalue weighted by atomic mass is 16.4. The molecule has 1 aromatic heterocycles. The summed E-state index contributed by atoms with van der Waals surface area (Å²) in [5.74, 6) is -4.63. The van der Waals surface area contributed by atoms with Crippen molar-refractivity contribution in [3.05, 3.63) is 18.2 Å². The minimum atomic E-state index is -1.44. The normalized spacial score (nSPS) is 13.8. The molecule has 0 saturated carbocycles. The van der Waals surface area contributed by atoms with E-state index in [9.17, 15) is 29.1 Å². The molecule has 0 radical (unpaired) electrons. The van der Waals surface area contributed by atoms with Crippen molar-refractivity contribution in [1.29, 1.82) is 0 Å². The fraction of sp³-hybridized carbons (Fsp3) is 0.467. The van der Waals surface area contributed by atoms with Crippen LogP contribution in [0, 0.1) is 0 Å². The Hall–Kier alpha value is -3.48. The zero-order valence-electron chi connectivity index (χ0n) is 14.9. The fourth-order valence-electron chi connectivity index (χ4n) is 2.21. The predicted molar refractivity (Wildman–Crippen MR) is 94.0 cm³/mol. The van der Waals surface area contributed by atoms with E-state index in [-0.39, 0.29) is 19.3 Å². The van der Waals surface area contributed by atoms with Crippen LogP contribution in [-0.4, -0.2) is 62.8 Å². The number of aromatic nitrogens is 2. The molecule has 13 heteroatoms. The topological polar surface area (TPSA) is 236 Å². The third-order valence-electron chi connectivity index (χ3n) is 3.67. The summed E-state index contributed by atoms with van der Waals surface area (Å²) < 4.78 is 0. The molecule has 13 nitrogen and oxygen atoms in total. The first-order valence-corrected chi connectivity index (χ1v) is 8.23. The number of nitrogens with two attached hydrogens (primary N) is 3. The third-order valence-corrected chi connectivity index (χ3v) is 3.67. The van der Waals surface area contributed by atoms with Crippen molar-refractivity contribution in [3.8, 4) is 0 Å². The van der Waals surface area contributed by atoms with E-state index in [4.69, 9.17) is 17.2 Å².